The van der Waals surface area contributed by atoms with E-state index < -0.39 is 0 Å². The largest absolute Gasteiger partial charge is 0.324 e. The van der Waals surface area contributed by atoms with E-state index in [0.29, 0.717) is 0 Å². The SMILES string of the molecule is Cc1cccc2c1C(C(C)N)=CC2. The number of hydrogen-bond donors (Lipinski definition) is 1. The summed E-state index contributed by atoms with van der Waals surface area (Å²) in [6.07, 6.45) is 3.30. The van der Waals surface area contributed by atoms with Crippen LogP contribution in [0.15, 0.2) is 24.3 Å². The van der Waals surface area contributed by atoms with E-state index in [0.717, 1.165) is 6.42 Å². The van der Waals surface area contributed by atoms with E-state index >= 15 is 0 Å². The van der Waals surface area contributed by atoms with Gasteiger partial charge in [-0.1, -0.05) is 24.3 Å². The van der Waals surface area contributed by atoms with Crippen LogP contribution < -0.4 is 5.73 Å². The van der Waals surface area contributed by atoms with Gasteiger partial charge >= 0.3 is 0 Å². The van der Waals surface area contributed by atoms with E-state index in [2.05, 4.69) is 31.2 Å². The lowest BCUT2D eigenvalue weighted by atomic mass is 9.97. The van der Waals surface area contributed by atoms with Gasteiger partial charge in [-0.2, -0.15) is 0 Å². The van der Waals surface area contributed by atoms with Crippen molar-refractivity contribution >= 4 is 5.57 Å². The fraction of sp³-hybridized carbons (Fsp3) is 0.333. The number of nitrogens with two attached hydrogens (primary N) is 1. The van der Waals surface area contributed by atoms with Crippen LogP contribution >= 0.6 is 0 Å². The van der Waals surface area contributed by atoms with Crippen LogP contribution in [0.4, 0.5) is 0 Å². The molecule has 0 aromatic heterocycles. The number of aryl methyl sites for hydroxylation is 1. The highest BCUT2D eigenvalue weighted by Gasteiger charge is 2.17. The molecule has 0 saturated heterocycles. The molecule has 1 aromatic rings. The van der Waals surface area contributed by atoms with Gasteiger partial charge in [-0.3, -0.25) is 0 Å². The maximum atomic E-state index is 5.91. The highest BCUT2D eigenvalue weighted by molar-refractivity contribution is 5.77. The van der Waals surface area contributed by atoms with Crippen molar-refractivity contribution in [1.29, 1.82) is 0 Å². The first kappa shape index (κ1) is 8.52. The maximum absolute atomic E-state index is 5.91. The van der Waals surface area contributed by atoms with Crippen LogP contribution in [0.25, 0.3) is 5.57 Å². The minimum absolute atomic E-state index is 0.155. The van der Waals surface area contributed by atoms with E-state index in [1.54, 1.807) is 0 Å². The van der Waals surface area contributed by atoms with Crippen molar-refractivity contribution in [2.75, 3.05) is 0 Å². The molecule has 68 valence electrons. The van der Waals surface area contributed by atoms with Crippen molar-refractivity contribution in [3.8, 4) is 0 Å². The Balaban J connectivity index is 2.54. The minimum atomic E-state index is 0.155. The summed E-state index contributed by atoms with van der Waals surface area (Å²) < 4.78 is 0. The van der Waals surface area contributed by atoms with Gasteiger partial charge in [-0.25, -0.2) is 0 Å². The first-order valence-corrected chi connectivity index (χ1v) is 4.74. The van der Waals surface area contributed by atoms with Crippen molar-refractivity contribution in [3.05, 3.63) is 41.0 Å². The van der Waals surface area contributed by atoms with Crippen LogP contribution in [-0.2, 0) is 6.42 Å². The molecule has 1 aliphatic carbocycles. The fourth-order valence-corrected chi connectivity index (χ4v) is 2.05. The Labute approximate surface area is 79.3 Å². The topological polar surface area (TPSA) is 26.0 Å². The smallest absolute Gasteiger partial charge is 0.0269 e. The molecule has 2 N–H and O–H groups in total. The lowest BCUT2D eigenvalue weighted by Crippen LogP contribution is -2.16. The predicted octanol–water partition coefficient (Wildman–Crippen LogP) is 2.28. The molecule has 1 heteroatoms. The van der Waals surface area contributed by atoms with E-state index in [9.17, 15) is 0 Å². The van der Waals surface area contributed by atoms with Crippen molar-refractivity contribution in [1.82, 2.24) is 0 Å². The van der Waals surface area contributed by atoms with Gasteiger partial charge in [0, 0.05) is 6.04 Å². The lowest BCUT2D eigenvalue weighted by molar-refractivity contribution is 0.947. The van der Waals surface area contributed by atoms with Gasteiger partial charge in [-0.05, 0) is 42.5 Å². The minimum Gasteiger partial charge on any atom is -0.324 e. The molecule has 0 saturated carbocycles. The second kappa shape index (κ2) is 3.00. The van der Waals surface area contributed by atoms with Crippen LogP contribution in [-0.4, -0.2) is 6.04 Å². The van der Waals surface area contributed by atoms with Gasteiger partial charge in [0.1, 0.15) is 0 Å². The normalized spacial score (nSPS) is 16.7. The zero-order valence-electron chi connectivity index (χ0n) is 8.17. The third kappa shape index (κ3) is 1.29. The molecular formula is C12H15N. The highest BCUT2D eigenvalue weighted by Crippen LogP contribution is 2.31. The summed E-state index contributed by atoms with van der Waals surface area (Å²) in [4.78, 5) is 0. The monoisotopic (exact) mass is 173 g/mol. The molecule has 1 atom stereocenters. The van der Waals surface area contributed by atoms with Crippen LogP contribution in [0.3, 0.4) is 0 Å². The summed E-state index contributed by atoms with van der Waals surface area (Å²) in [6.45, 7) is 4.20. The summed E-state index contributed by atoms with van der Waals surface area (Å²) in [5.41, 5.74) is 11.4. The average Bonchev–Trinajstić information content (AvgIpc) is 2.49. The molecule has 0 spiro atoms. The van der Waals surface area contributed by atoms with Crippen molar-refractivity contribution < 1.29 is 0 Å². The summed E-state index contributed by atoms with van der Waals surface area (Å²) in [5, 5.41) is 0. The number of allylic oxidation sites excluding steroid dienone is 1. The predicted molar refractivity (Wildman–Crippen MR) is 56.5 cm³/mol. The highest BCUT2D eigenvalue weighted by atomic mass is 14.6. The van der Waals surface area contributed by atoms with Crippen molar-refractivity contribution in [3.63, 3.8) is 0 Å². The van der Waals surface area contributed by atoms with Gasteiger partial charge in [0.05, 0.1) is 0 Å². The van der Waals surface area contributed by atoms with Gasteiger partial charge < -0.3 is 5.73 Å². The quantitative estimate of drug-likeness (QED) is 0.692. The third-order valence-electron chi connectivity index (χ3n) is 2.68. The van der Waals surface area contributed by atoms with Gasteiger partial charge in [0.25, 0.3) is 0 Å². The molecule has 2 rings (SSSR count). The second-order valence-electron chi connectivity index (χ2n) is 3.76. The Morgan fingerprint density at radius 3 is 2.85 bits per heavy atom. The van der Waals surface area contributed by atoms with Gasteiger partial charge in [0.2, 0.25) is 0 Å². The standard InChI is InChI=1S/C12H15N/c1-8-4-3-5-10-6-7-11(9(2)13)12(8)10/h3-5,7,9H,6,13H2,1-2H3. The van der Waals surface area contributed by atoms with Crippen molar-refractivity contribution in [2.24, 2.45) is 5.73 Å². The van der Waals surface area contributed by atoms with Crippen LogP contribution in [0.1, 0.15) is 23.6 Å². The zero-order valence-corrected chi connectivity index (χ0v) is 8.17. The average molecular weight is 173 g/mol. The fourth-order valence-electron chi connectivity index (χ4n) is 2.05. The summed E-state index contributed by atoms with van der Waals surface area (Å²) in [7, 11) is 0. The molecule has 0 fully saturated rings. The van der Waals surface area contributed by atoms with Crippen LogP contribution in [0.5, 0.6) is 0 Å². The molecule has 0 radical (unpaired) electrons. The van der Waals surface area contributed by atoms with Gasteiger partial charge in [-0.15, -0.1) is 0 Å². The summed E-state index contributed by atoms with van der Waals surface area (Å²) in [5.74, 6) is 0. The Morgan fingerprint density at radius 2 is 2.15 bits per heavy atom. The molecule has 13 heavy (non-hydrogen) atoms. The first-order chi connectivity index (χ1) is 6.20. The molecule has 0 heterocycles. The van der Waals surface area contributed by atoms with Gasteiger partial charge in [0.15, 0.2) is 0 Å². The summed E-state index contributed by atoms with van der Waals surface area (Å²) >= 11 is 0. The van der Waals surface area contributed by atoms with E-state index in [-0.39, 0.29) is 6.04 Å². The number of rotatable bonds is 1. The van der Waals surface area contributed by atoms with E-state index in [1.807, 2.05) is 6.92 Å². The lowest BCUT2D eigenvalue weighted by Gasteiger charge is -2.11. The maximum Gasteiger partial charge on any atom is 0.0269 e. The Hall–Kier alpha value is -1.08. The molecular weight excluding hydrogens is 158 g/mol. The molecule has 1 aromatic carbocycles. The molecule has 1 nitrogen and oxygen atoms in total. The van der Waals surface area contributed by atoms with Crippen LogP contribution in [0, 0.1) is 6.92 Å². The molecule has 0 bridgehead atoms. The van der Waals surface area contributed by atoms with E-state index in [4.69, 9.17) is 5.73 Å². The Kier molecular flexibility index (Phi) is 1.97. The molecule has 1 unspecified atom stereocenters. The third-order valence-corrected chi connectivity index (χ3v) is 2.68. The van der Waals surface area contributed by atoms with Crippen molar-refractivity contribution in [2.45, 2.75) is 26.3 Å². The summed E-state index contributed by atoms with van der Waals surface area (Å²) in [6, 6.07) is 6.61. The Bertz CT molecular complexity index is 361. The number of fused-ring (bicyclic) bond motifs is 1. The van der Waals surface area contributed by atoms with E-state index in [1.165, 1.54) is 22.3 Å². The Morgan fingerprint density at radius 1 is 1.38 bits per heavy atom. The van der Waals surface area contributed by atoms with Crippen LogP contribution in [0.2, 0.25) is 0 Å². The number of hydrogen-bond acceptors (Lipinski definition) is 1. The number of benzene rings is 1. The molecule has 0 amide bonds. The zero-order chi connectivity index (χ0) is 9.42. The molecule has 1 aliphatic rings. The first-order valence-electron chi connectivity index (χ1n) is 4.74. The molecule has 0 aliphatic heterocycles. The second-order valence-corrected chi connectivity index (χ2v) is 3.76.